The number of aliphatic hydroxyl groups excluding tert-OH is 5. The number of hydrogen-bond acceptors (Lipinski definition) is 13. The summed E-state index contributed by atoms with van der Waals surface area (Å²) < 4.78 is 7.07. The van der Waals surface area contributed by atoms with Crippen LogP contribution in [0.1, 0.15) is 143 Å². The molecular formula is C55H81N3O10. The van der Waals surface area contributed by atoms with Crippen LogP contribution in [0.15, 0.2) is 46.8 Å². The van der Waals surface area contributed by atoms with E-state index in [2.05, 4.69) is 41.6 Å². The highest BCUT2D eigenvalue weighted by atomic mass is 16.5. The zero-order valence-corrected chi connectivity index (χ0v) is 40.7. The Bertz CT molecular complexity index is 2160. The van der Waals surface area contributed by atoms with E-state index in [1.54, 1.807) is 13.8 Å². The van der Waals surface area contributed by atoms with Crippen LogP contribution in [-0.4, -0.2) is 119 Å². The highest BCUT2D eigenvalue weighted by Crippen LogP contribution is 2.77. The first-order valence-corrected chi connectivity index (χ1v) is 26.7. The van der Waals surface area contributed by atoms with Gasteiger partial charge in [0.1, 0.15) is 5.60 Å². The standard InChI is InChI=1S/C55H81N3O10/c1-4-9-32-12-16-36-41(18-13-32)68-49-44(36)38(61)11-7-23-55(49,67)50(3,65)42-20-24-54(66)46-45-34-15-14-33(35-17-19-43(56)58-37(35)10-8-25-59)26-53(45)29-40(63)39(62)28-52(53,22-6-5-21-51(42,54)27-34)48(64)47(46)57-30-31(2)60/h14-15,17,19,31-34,36,38-45,49,57-63,65-67H,4,7-13,16,18,20-30,56H2,1-3H3. The van der Waals surface area contributed by atoms with E-state index >= 15 is 4.79 Å². The molecule has 0 aromatic carbocycles. The Labute approximate surface area is 403 Å². The molecule has 12 N–H and O–H groups in total. The molecule has 5 saturated carbocycles. The predicted molar refractivity (Wildman–Crippen MR) is 255 cm³/mol. The van der Waals surface area contributed by atoms with E-state index in [0.29, 0.717) is 56.4 Å². The lowest BCUT2D eigenvalue weighted by molar-refractivity contribution is -0.258. The quantitative estimate of drug-likeness (QED) is 0.104. The second kappa shape index (κ2) is 17.9. The van der Waals surface area contributed by atoms with Crippen LogP contribution >= 0.6 is 0 Å². The summed E-state index contributed by atoms with van der Waals surface area (Å²) in [5, 5.41) is 105. The van der Waals surface area contributed by atoms with Gasteiger partial charge in [-0.3, -0.25) is 4.79 Å². The molecule has 2 heterocycles. The molecule has 1 saturated heterocycles. The summed E-state index contributed by atoms with van der Waals surface area (Å²) in [5.74, 6) is 5.15. The highest BCUT2D eigenvalue weighted by molar-refractivity contribution is 6.03. The summed E-state index contributed by atoms with van der Waals surface area (Å²) in [6.45, 7) is 5.65. The third kappa shape index (κ3) is 7.10. The first-order chi connectivity index (χ1) is 32.4. The Morgan fingerprint density at radius 2 is 1.72 bits per heavy atom. The lowest BCUT2D eigenvalue weighted by Gasteiger charge is -2.68. The fraction of sp³-hybridized carbons (Fsp3) is 0.800. The van der Waals surface area contributed by atoms with E-state index in [9.17, 15) is 40.9 Å². The summed E-state index contributed by atoms with van der Waals surface area (Å²) in [6.07, 6.45) is 13.2. The van der Waals surface area contributed by atoms with E-state index in [4.69, 9.17) is 10.5 Å². The van der Waals surface area contributed by atoms with Crippen molar-refractivity contribution in [1.29, 1.82) is 0 Å². The average Bonchev–Trinajstić information content (AvgIpc) is 3.63. The number of carbonyl (C=O) groups excluding carboxylic acids is 1. The van der Waals surface area contributed by atoms with Gasteiger partial charge in [-0.25, -0.2) is 0 Å². The number of fused-ring (bicyclic) bond motifs is 6. The van der Waals surface area contributed by atoms with E-state index in [1.165, 1.54) is 0 Å². The van der Waals surface area contributed by atoms with E-state index < -0.39 is 81.6 Å². The molecule has 9 aliphatic carbocycles. The molecule has 20 atom stereocenters. The Balaban J connectivity index is 1.15. The maximum Gasteiger partial charge on any atom is 0.186 e. The third-order valence-electron chi connectivity index (χ3n) is 20.6. The molecule has 376 valence electrons. The minimum atomic E-state index is -1.85. The van der Waals surface area contributed by atoms with Gasteiger partial charge in [0.15, 0.2) is 5.78 Å². The average molecular weight is 944 g/mol. The van der Waals surface area contributed by atoms with E-state index in [-0.39, 0.29) is 92.9 Å². The zero-order valence-electron chi connectivity index (χ0n) is 40.7. The number of ether oxygens (including phenoxy) is 1. The fourth-order valence-electron chi connectivity index (χ4n) is 17.6. The normalized spacial score (nSPS) is 48.4. The number of aliphatic hydroxyl groups is 8. The molecule has 0 radical (unpaired) electrons. The Morgan fingerprint density at radius 1 is 0.956 bits per heavy atom. The van der Waals surface area contributed by atoms with Crippen LogP contribution in [0.2, 0.25) is 0 Å². The van der Waals surface area contributed by atoms with Crippen molar-refractivity contribution in [2.75, 3.05) is 13.2 Å². The number of allylic oxidation sites excluding steroid dienone is 6. The van der Waals surface area contributed by atoms with Crippen LogP contribution in [-0.2, 0) is 9.53 Å². The Kier molecular flexibility index (Phi) is 12.9. The molecule has 2 aliphatic heterocycles. The van der Waals surface area contributed by atoms with Gasteiger partial charge in [0, 0.05) is 54.9 Å². The second-order valence-electron chi connectivity index (χ2n) is 24.0. The molecule has 3 spiro atoms. The van der Waals surface area contributed by atoms with Crippen molar-refractivity contribution in [3.63, 3.8) is 0 Å². The van der Waals surface area contributed by atoms with Crippen molar-refractivity contribution in [2.24, 2.45) is 63.4 Å². The number of dihydropyridines is 1. The molecule has 0 aromatic rings. The van der Waals surface area contributed by atoms with Gasteiger partial charge in [0.2, 0.25) is 0 Å². The van der Waals surface area contributed by atoms with Gasteiger partial charge in [-0.1, -0.05) is 44.4 Å². The Morgan fingerprint density at radius 3 is 2.49 bits per heavy atom. The Hall–Kier alpha value is -2.61. The number of hydrogen-bond donors (Lipinski definition) is 11. The van der Waals surface area contributed by atoms with Crippen molar-refractivity contribution in [1.82, 2.24) is 10.6 Å². The molecule has 68 heavy (non-hydrogen) atoms. The molecule has 6 fully saturated rings. The molecule has 0 aromatic heterocycles. The van der Waals surface area contributed by atoms with E-state index in [0.717, 1.165) is 49.8 Å². The zero-order chi connectivity index (χ0) is 48.2. The summed E-state index contributed by atoms with van der Waals surface area (Å²) in [7, 11) is 0. The smallest absolute Gasteiger partial charge is 0.186 e. The number of nitrogens with two attached hydrogens (primary N) is 1. The molecular weight excluding hydrogens is 863 g/mol. The van der Waals surface area contributed by atoms with Gasteiger partial charge in [-0.2, -0.15) is 0 Å². The molecule has 11 aliphatic rings. The molecule has 13 heteroatoms. The van der Waals surface area contributed by atoms with Crippen molar-refractivity contribution in [3.8, 4) is 11.8 Å². The summed E-state index contributed by atoms with van der Waals surface area (Å²) in [4.78, 5) is 16.2. The van der Waals surface area contributed by atoms with Crippen LogP contribution < -0.4 is 16.4 Å². The first-order valence-electron chi connectivity index (χ1n) is 26.7. The highest BCUT2D eigenvalue weighted by Gasteiger charge is 2.79. The van der Waals surface area contributed by atoms with Gasteiger partial charge in [-0.05, 0) is 150 Å². The van der Waals surface area contributed by atoms with Crippen molar-refractivity contribution < 1.29 is 50.4 Å². The molecule has 11 rings (SSSR count). The lowest BCUT2D eigenvalue weighted by Crippen LogP contribution is -2.72. The van der Waals surface area contributed by atoms with Crippen LogP contribution in [0, 0.1) is 69.5 Å². The van der Waals surface area contributed by atoms with Gasteiger partial charge < -0.3 is 62.0 Å². The number of carbonyl (C=O) groups is 1. The van der Waals surface area contributed by atoms with Gasteiger partial charge in [0.05, 0.1) is 65.1 Å². The fourth-order valence-corrected chi connectivity index (χ4v) is 17.6. The minimum Gasteiger partial charge on any atom is -0.396 e. The van der Waals surface area contributed by atoms with Gasteiger partial charge in [0.25, 0.3) is 0 Å². The number of Topliss-reactive ketones (excluding diaryl/α,β-unsaturated/α-hetero) is 1. The van der Waals surface area contributed by atoms with Crippen LogP contribution in [0.4, 0.5) is 0 Å². The lowest BCUT2D eigenvalue weighted by atomic mass is 9.36. The molecule has 13 nitrogen and oxygen atoms in total. The van der Waals surface area contributed by atoms with Crippen molar-refractivity contribution in [2.45, 2.75) is 202 Å². The van der Waals surface area contributed by atoms with Crippen LogP contribution in [0.5, 0.6) is 0 Å². The third-order valence-corrected chi connectivity index (χ3v) is 20.6. The number of rotatable bonds is 11. The van der Waals surface area contributed by atoms with Gasteiger partial charge >= 0.3 is 0 Å². The predicted octanol–water partition coefficient (Wildman–Crippen LogP) is 3.91. The molecule has 0 amide bonds. The van der Waals surface area contributed by atoms with Crippen LogP contribution in [0.25, 0.3) is 0 Å². The summed E-state index contributed by atoms with van der Waals surface area (Å²) in [6, 6.07) is 0. The monoisotopic (exact) mass is 944 g/mol. The van der Waals surface area contributed by atoms with Gasteiger partial charge in [-0.15, -0.1) is 11.8 Å². The SMILES string of the molecule is CCCC1CCC2OC3C(C(O)CCCC3(O)C(C)(O)C3CCC4(O)C5=C(NCC(C)O)C(=O)C67CC#CCC34CC3C=CC(C4=C(CCCO)NC(N)C=C4)CC6(CC(O)C(O)C7)C53)C2CC1. The maximum atomic E-state index is 16.2. The molecule has 6 bridgehead atoms. The molecule has 20 unspecified atom stereocenters. The number of ketones is 1. The minimum absolute atomic E-state index is 0.00176. The van der Waals surface area contributed by atoms with Crippen LogP contribution in [0.3, 0.4) is 0 Å². The largest absolute Gasteiger partial charge is 0.396 e. The first kappa shape index (κ1) is 49.0. The number of nitrogens with one attached hydrogen (secondary N) is 2. The second-order valence-corrected chi connectivity index (χ2v) is 24.0. The summed E-state index contributed by atoms with van der Waals surface area (Å²) in [5.41, 5.74) is 0.243. The summed E-state index contributed by atoms with van der Waals surface area (Å²) >= 11 is 0. The van der Waals surface area contributed by atoms with E-state index in [1.807, 2.05) is 12.2 Å². The van der Waals surface area contributed by atoms with Crippen molar-refractivity contribution >= 4 is 5.78 Å². The topological polar surface area (TPSA) is 238 Å². The van der Waals surface area contributed by atoms with Crippen molar-refractivity contribution in [3.05, 3.63) is 46.8 Å². The maximum absolute atomic E-state index is 16.2.